The van der Waals surface area contributed by atoms with Gasteiger partial charge in [0.05, 0.1) is 0 Å². The number of hydrogen-bond acceptors (Lipinski definition) is 2. The molecule has 0 nitrogen and oxygen atoms in total. The summed E-state index contributed by atoms with van der Waals surface area (Å²) < 4.78 is 0. The highest BCUT2D eigenvalue weighted by atomic mass is 33.1. The lowest BCUT2D eigenvalue weighted by Crippen LogP contribution is -2.14. The van der Waals surface area contributed by atoms with Crippen LogP contribution in [0.4, 0.5) is 0 Å². The van der Waals surface area contributed by atoms with Crippen LogP contribution < -0.4 is 0 Å². The predicted octanol–water partition coefficient (Wildman–Crippen LogP) is 3.04. The Morgan fingerprint density at radius 1 is 1.33 bits per heavy atom. The van der Waals surface area contributed by atoms with Gasteiger partial charge >= 0.3 is 0 Å². The molecule has 1 aliphatic heterocycles. The van der Waals surface area contributed by atoms with Crippen LogP contribution in [-0.4, -0.2) is 11.5 Å². The lowest BCUT2D eigenvalue weighted by atomic mass is 9.95. The van der Waals surface area contributed by atoms with Crippen LogP contribution in [0.5, 0.6) is 0 Å². The SMILES string of the molecule is CC(C)C1CCSSC1. The van der Waals surface area contributed by atoms with Crippen LogP contribution in [0.1, 0.15) is 20.3 Å². The second kappa shape index (κ2) is 3.77. The minimum Gasteiger partial charge on any atom is -0.0941 e. The zero-order chi connectivity index (χ0) is 6.69. The van der Waals surface area contributed by atoms with E-state index >= 15 is 0 Å². The first kappa shape index (κ1) is 7.80. The molecule has 1 heterocycles. The van der Waals surface area contributed by atoms with Crippen molar-refractivity contribution in [3.8, 4) is 0 Å². The Balaban J connectivity index is 2.23. The van der Waals surface area contributed by atoms with Crippen molar-refractivity contribution in [2.24, 2.45) is 11.8 Å². The van der Waals surface area contributed by atoms with Crippen molar-refractivity contribution in [3.63, 3.8) is 0 Å². The molecule has 2 heteroatoms. The van der Waals surface area contributed by atoms with Gasteiger partial charge < -0.3 is 0 Å². The minimum absolute atomic E-state index is 0.901. The van der Waals surface area contributed by atoms with E-state index < -0.39 is 0 Å². The van der Waals surface area contributed by atoms with E-state index in [0.29, 0.717) is 0 Å². The second-order valence-electron chi connectivity index (χ2n) is 2.90. The molecule has 9 heavy (non-hydrogen) atoms. The summed E-state index contributed by atoms with van der Waals surface area (Å²) in [6.45, 7) is 4.67. The highest BCUT2D eigenvalue weighted by Crippen LogP contribution is 2.35. The molecular weight excluding hydrogens is 148 g/mol. The minimum atomic E-state index is 0.901. The first-order valence-corrected chi connectivity index (χ1v) is 6.04. The fraction of sp³-hybridized carbons (Fsp3) is 1.00. The van der Waals surface area contributed by atoms with Crippen molar-refractivity contribution in [3.05, 3.63) is 0 Å². The molecule has 0 bridgehead atoms. The Labute approximate surface area is 65.6 Å². The Morgan fingerprint density at radius 3 is 2.44 bits per heavy atom. The van der Waals surface area contributed by atoms with E-state index in [4.69, 9.17) is 0 Å². The Kier molecular flexibility index (Phi) is 3.27. The molecule has 0 aromatic rings. The highest BCUT2D eigenvalue weighted by molar-refractivity contribution is 8.76. The van der Waals surface area contributed by atoms with Crippen molar-refractivity contribution < 1.29 is 0 Å². The molecule has 1 rings (SSSR count). The Morgan fingerprint density at radius 2 is 2.11 bits per heavy atom. The molecular formula is C7H14S2. The fourth-order valence-corrected chi connectivity index (χ4v) is 3.80. The fourth-order valence-electron chi connectivity index (χ4n) is 1.00. The van der Waals surface area contributed by atoms with Crippen molar-refractivity contribution in [2.75, 3.05) is 11.5 Å². The van der Waals surface area contributed by atoms with E-state index in [1.54, 1.807) is 0 Å². The summed E-state index contributed by atoms with van der Waals surface area (Å²) in [6.07, 6.45) is 1.44. The van der Waals surface area contributed by atoms with Crippen molar-refractivity contribution >= 4 is 21.6 Å². The maximum Gasteiger partial charge on any atom is 0.00680 e. The van der Waals surface area contributed by atoms with Gasteiger partial charge in [-0.3, -0.25) is 0 Å². The van der Waals surface area contributed by atoms with Gasteiger partial charge in [0.15, 0.2) is 0 Å². The second-order valence-corrected chi connectivity index (χ2v) is 5.53. The van der Waals surface area contributed by atoms with E-state index in [1.807, 2.05) is 21.6 Å². The summed E-state index contributed by atoms with van der Waals surface area (Å²) in [5.41, 5.74) is 0. The monoisotopic (exact) mass is 162 g/mol. The van der Waals surface area contributed by atoms with Crippen LogP contribution in [-0.2, 0) is 0 Å². The first-order chi connectivity index (χ1) is 4.30. The molecule has 0 amide bonds. The standard InChI is InChI=1S/C7H14S2/c1-6(2)7-3-4-8-9-5-7/h6-7H,3-5H2,1-2H3. The van der Waals surface area contributed by atoms with Crippen LogP contribution in [0.15, 0.2) is 0 Å². The quantitative estimate of drug-likeness (QED) is 0.544. The van der Waals surface area contributed by atoms with E-state index in [1.165, 1.54) is 17.9 Å². The summed E-state index contributed by atoms with van der Waals surface area (Å²) in [4.78, 5) is 0. The van der Waals surface area contributed by atoms with Crippen LogP contribution in [0.3, 0.4) is 0 Å². The summed E-state index contributed by atoms with van der Waals surface area (Å²) in [7, 11) is 4.08. The van der Waals surface area contributed by atoms with Crippen LogP contribution in [0.2, 0.25) is 0 Å². The van der Waals surface area contributed by atoms with Crippen LogP contribution in [0, 0.1) is 11.8 Å². The van der Waals surface area contributed by atoms with Crippen molar-refractivity contribution in [1.29, 1.82) is 0 Å². The lowest BCUT2D eigenvalue weighted by Gasteiger charge is -2.23. The molecule has 1 unspecified atom stereocenters. The van der Waals surface area contributed by atoms with Crippen LogP contribution in [0.25, 0.3) is 0 Å². The van der Waals surface area contributed by atoms with Gasteiger partial charge in [0.25, 0.3) is 0 Å². The Bertz CT molecular complexity index is 75.0. The van der Waals surface area contributed by atoms with Gasteiger partial charge in [-0.05, 0) is 18.3 Å². The third-order valence-electron chi connectivity index (χ3n) is 1.88. The molecule has 0 aromatic carbocycles. The van der Waals surface area contributed by atoms with Gasteiger partial charge in [-0.15, -0.1) is 0 Å². The predicted molar refractivity (Wildman–Crippen MR) is 47.9 cm³/mol. The molecule has 1 saturated heterocycles. The average Bonchev–Trinajstić information content (AvgIpc) is 1.90. The summed E-state index contributed by atoms with van der Waals surface area (Å²) in [6, 6.07) is 0. The zero-order valence-corrected chi connectivity index (χ0v) is 7.73. The summed E-state index contributed by atoms with van der Waals surface area (Å²) in [5, 5.41) is 0. The largest absolute Gasteiger partial charge is 0.0941 e. The highest BCUT2D eigenvalue weighted by Gasteiger charge is 2.16. The maximum atomic E-state index is 2.33. The van der Waals surface area contributed by atoms with Crippen molar-refractivity contribution in [2.45, 2.75) is 20.3 Å². The lowest BCUT2D eigenvalue weighted by molar-refractivity contribution is 0.417. The molecule has 1 fully saturated rings. The topological polar surface area (TPSA) is 0 Å². The Hall–Kier alpha value is 0.700. The molecule has 0 N–H and O–H groups in total. The maximum absolute atomic E-state index is 2.33. The average molecular weight is 162 g/mol. The van der Waals surface area contributed by atoms with E-state index in [0.717, 1.165) is 11.8 Å². The molecule has 54 valence electrons. The molecule has 0 aromatic heterocycles. The normalized spacial score (nSPS) is 29.0. The molecule has 0 saturated carbocycles. The molecule has 0 radical (unpaired) electrons. The van der Waals surface area contributed by atoms with Crippen molar-refractivity contribution in [1.82, 2.24) is 0 Å². The third kappa shape index (κ3) is 2.42. The number of hydrogen-bond donors (Lipinski definition) is 0. The molecule has 0 aliphatic carbocycles. The van der Waals surface area contributed by atoms with Gasteiger partial charge in [-0.2, -0.15) is 0 Å². The summed E-state index contributed by atoms with van der Waals surface area (Å²) in [5.74, 6) is 4.64. The van der Waals surface area contributed by atoms with Crippen LogP contribution >= 0.6 is 21.6 Å². The smallest absolute Gasteiger partial charge is 0.00680 e. The van der Waals surface area contributed by atoms with Gasteiger partial charge in [-0.1, -0.05) is 35.4 Å². The van der Waals surface area contributed by atoms with Gasteiger partial charge in [0, 0.05) is 11.5 Å². The van der Waals surface area contributed by atoms with E-state index in [-0.39, 0.29) is 0 Å². The molecule has 1 atom stereocenters. The molecule has 1 aliphatic rings. The molecule has 0 spiro atoms. The first-order valence-electron chi connectivity index (χ1n) is 3.55. The van der Waals surface area contributed by atoms with Gasteiger partial charge in [-0.25, -0.2) is 0 Å². The van der Waals surface area contributed by atoms with E-state index in [9.17, 15) is 0 Å². The van der Waals surface area contributed by atoms with Gasteiger partial charge in [0.1, 0.15) is 0 Å². The third-order valence-corrected chi connectivity index (χ3v) is 4.42. The zero-order valence-electron chi connectivity index (χ0n) is 6.09. The number of rotatable bonds is 1. The van der Waals surface area contributed by atoms with Gasteiger partial charge in [0.2, 0.25) is 0 Å². The van der Waals surface area contributed by atoms with E-state index in [2.05, 4.69) is 13.8 Å². The summed E-state index contributed by atoms with van der Waals surface area (Å²) >= 11 is 0.